The molecule has 2 N–H and O–H groups in total. The molecule has 1 aliphatic rings. The highest BCUT2D eigenvalue weighted by atomic mass is 16.6. The molecule has 1 amide bonds. The van der Waals surface area contributed by atoms with Gasteiger partial charge in [-0.3, -0.25) is 0 Å². The Balaban J connectivity index is 1.65. The minimum atomic E-state index is -0.458. The zero-order valence-corrected chi connectivity index (χ0v) is 14.1. The van der Waals surface area contributed by atoms with Gasteiger partial charge in [-0.05, 0) is 57.6 Å². The topological polar surface area (TPSA) is 50.4 Å². The molecule has 0 spiro atoms. The summed E-state index contributed by atoms with van der Waals surface area (Å²) in [5.41, 5.74) is 2.28. The maximum Gasteiger partial charge on any atom is 0.407 e. The van der Waals surface area contributed by atoms with Crippen molar-refractivity contribution in [3.63, 3.8) is 0 Å². The number of hydrogen-bond acceptors (Lipinski definition) is 3. The summed E-state index contributed by atoms with van der Waals surface area (Å²) in [4.78, 5) is 11.6. The molecule has 1 aliphatic carbocycles. The molecule has 1 aromatic rings. The monoisotopic (exact) mass is 304 g/mol. The maximum absolute atomic E-state index is 11.6. The largest absolute Gasteiger partial charge is 0.444 e. The second-order valence-corrected chi connectivity index (χ2v) is 7.19. The van der Waals surface area contributed by atoms with Gasteiger partial charge in [0.05, 0.1) is 0 Å². The fourth-order valence-corrected chi connectivity index (χ4v) is 2.32. The minimum absolute atomic E-state index is 0.0283. The third kappa shape index (κ3) is 6.06. The fourth-order valence-electron chi connectivity index (χ4n) is 2.32. The number of amides is 1. The van der Waals surface area contributed by atoms with E-state index < -0.39 is 5.60 Å². The van der Waals surface area contributed by atoms with Crippen LogP contribution in [0.5, 0.6) is 0 Å². The van der Waals surface area contributed by atoms with E-state index in [0.717, 1.165) is 12.5 Å². The lowest BCUT2D eigenvalue weighted by Gasteiger charge is -2.22. The normalized spacial score (nSPS) is 16.2. The first kappa shape index (κ1) is 16.8. The van der Waals surface area contributed by atoms with E-state index in [1.807, 2.05) is 27.7 Å². The first-order valence-corrected chi connectivity index (χ1v) is 8.12. The Morgan fingerprint density at radius 1 is 1.27 bits per heavy atom. The summed E-state index contributed by atoms with van der Waals surface area (Å²) in [7, 11) is 0. The molecule has 1 unspecified atom stereocenters. The van der Waals surface area contributed by atoms with Crippen LogP contribution in [-0.4, -0.2) is 24.3 Å². The maximum atomic E-state index is 11.6. The zero-order chi connectivity index (χ0) is 16.2. The Labute approximate surface area is 133 Å². The molecule has 0 aromatic heterocycles. The van der Waals surface area contributed by atoms with Crippen molar-refractivity contribution in [1.82, 2.24) is 10.6 Å². The number of alkyl carbamates (subject to hydrolysis) is 1. The van der Waals surface area contributed by atoms with Gasteiger partial charge in [-0.2, -0.15) is 0 Å². The molecule has 1 aromatic carbocycles. The van der Waals surface area contributed by atoms with E-state index in [-0.39, 0.29) is 12.1 Å². The van der Waals surface area contributed by atoms with Crippen molar-refractivity contribution in [1.29, 1.82) is 0 Å². The van der Waals surface area contributed by atoms with Gasteiger partial charge in [-0.25, -0.2) is 4.79 Å². The number of benzene rings is 1. The number of ether oxygens (including phenoxy) is 1. The minimum Gasteiger partial charge on any atom is -0.444 e. The second-order valence-electron chi connectivity index (χ2n) is 7.19. The van der Waals surface area contributed by atoms with Crippen molar-refractivity contribution in [3.05, 3.63) is 35.4 Å². The molecular formula is C18H28N2O2. The summed E-state index contributed by atoms with van der Waals surface area (Å²) in [6, 6.07) is 8.87. The molecule has 0 saturated heterocycles. The smallest absolute Gasteiger partial charge is 0.407 e. The van der Waals surface area contributed by atoms with E-state index >= 15 is 0 Å². The van der Waals surface area contributed by atoms with Crippen LogP contribution < -0.4 is 10.6 Å². The van der Waals surface area contributed by atoms with Crippen molar-refractivity contribution >= 4 is 6.09 Å². The number of nitrogens with one attached hydrogen (secondary N) is 2. The van der Waals surface area contributed by atoms with Gasteiger partial charge in [0.25, 0.3) is 0 Å². The van der Waals surface area contributed by atoms with Crippen molar-refractivity contribution in [2.75, 3.05) is 6.54 Å². The molecule has 4 heteroatoms. The quantitative estimate of drug-likeness (QED) is 0.845. The van der Waals surface area contributed by atoms with Crippen molar-refractivity contribution < 1.29 is 9.53 Å². The number of hydrogen-bond donors (Lipinski definition) is 2. The highest BCUT2D eigenvalue weighted by molar-refractivity contribution is 5.68. The van der Waals surface area contributed by atoms with Crippen LogP contribution in [0.25, 0.3) is 0 Å². The molecule has 0 heterocycles. The van der Waals surface area contributed by atoms with E-state index in [0.29, 0.717) is 6.54 Å². The Morgan fingerprint density at radius 3 is 2.45 bits per heavy atom. The fraction of sp³-hybridized carbons (Fsp3) is 0.611. The highest BCUT2D eigenvalue weighted by Gasteiger charge is 2.22. The first-order chi connectivity index (χ1) is 10.3. The molecule has 1 atom stereocenters. The van der Waals surface area contributed by atoms with Crippen LogP contribution in [0.3, 0.4) is 0 Å². The van der Waals surface area contributed by atoms with E-state index in [4.69, 9.17) is 4.74 Å². The van der Waals surface area contributed by atoms with Gasteiger partial charge >= 0.3 is 6.09 Å². The van der Waals surface area contributed by atoms with Crippen molar-refractivity contribution in [2.24, 2.45) is 0 Å². The summed E-state index contributed by atoms with van der Waals surface area (Å²) in [5, 5.41) is 6.20. The summed E-state index contributed by atoms with van der Waals surface area (Å²) < 4.78 is 5.24. The standard InChI is InChI=1S/C18H28N2O2/c1-13(20-17(21)22-18(2,3)4)11-19-12-14-5-7-15(8-6-14)16-9-10-16/h5-8,13,16,19H,9-12H2,1-4H3,(H,20,21). The third-order valence-corrected chi connectivity index (χ3v) is 3.57. The lowest BCUT2D eigenvalue weighted by atomic mass is 10.1. The second kappa shape index (κ2) is 7.14. The zero-order valence-electron chi connectivity index (χ0n) is 14.1. The third-order valence-electron chi connectivity index (χ3n) is 3.57. The van der Waals surface area contributed by atoms with Crippen LogP contribution in [-0.2, 0) is 11.3 Å². The molecule has 4 nitrogen and oxygen atoms in total. The average molecular weight is 304 g/mol. The predicted octanol–water partition coefficient (Wildman–Crippen LogP) is 3.57. The Morgan fingerprint density at radius 2 is 1.91 bits per heavy atom. The summed E-state index contributed by atoms with van der Waals surface area (Å²) >= 11 is 0. The molecule has 0 aliphatic heterocycles. The van der Waals surface area contributed by atoms with Gasteiger partial charge in [0, 0.05) is 19.1 Å². The summed E-state index contributed by atoms with van der Waals surface area (Å²) in [6.45, 7) is 9.07. The van der Waals surface area contributed by atoms with E-state index in [9.17, 15) is 4.79 Å². The van der Waals surface area contributed by atoms with Crippen LogP contribution >= 0.6 is 0 Å². The molecule has 0 bridgehead atoms. The molecule has 1 saturated carbocycles. The number of rotatable bonds is 6. The highest BCUT2D eigenvalue weighted by Crippen LogP contribution is 2.39. The van der Waals surface area contributed by atoms with Crippen LogP contribution in [0, 0.1) is 0 Å². The Kier molecular flexibility index (Phi) is 5.46. The van der Waals surface area contributed by atoms with E-state index in [1.165, 1.54) is 24.0 Å². The van der Waals surface area contributed by atoms with Crippen LogP contribution in [0.2, 0.25) is 0 Å². The summed E-state index contributed by atoms with van der Waals surface area (Å²) in [5.74, 6) is 0.806. The average Bonchev–Trinajstić information content (AvgIpc) is 3.21. The molecular weight excluding hydrogens is 276 g/mol. The van der Waals surface area contributed by atoms with Gasteiger partial charge in [-0.1, -0.05) is 24.3 Å². The van der Waals surface area contributed by atoms with E-state index in [1.54, 1.807) is 0 Å². The van der Waals surface area contributed by atoms with Crippen molar-refractivity contribution in [2.45, 2.75) is 64.6 Å². The first-order valence-electron chi connectivity index (χ1n) is 8.12. The van der Waals surface area contributed by atoms with Crippen molar-refractivity contribution in [3.8, 4) is 0 Å². The van der Waals surface area contributed by atoms with Gasteiger partial charge in [0.2, 0.25) is 0 Å². The molecule has 122 valence electrons. The molecule has 1 fully saturated rings. The van der Waals surface area contributed by atoms with Gasteiger partial charge < -0.3 is 15.4 Å². The van der Waals surface area contributed by atoms with Crippen LogP contribution in [0.15, 0.2) is 24.3 Å². The lowest BCUT2D eigenvalue weighted by Crippen LogP contribution is -2.42. The lowest BCUT2D eigenvalue weighted by molar-refractivity contribution is 0.0508. The van der Waals surface area contributed by atoms with Gasteiger partial charge in [-0.15, -0.1) is 0 Å². The van der Waals surface area contributed by atoms with Gasteiger partial charge in [0.1, 0.15) is 5.60 Å². The number of carbonyl (C=O) groups excluding carboxylic acids is 1. The summed E-state index contributed by atoms with van der Waals surface area (Å²) in [6.07, 6.45) is 2.31. The SMILES string of the molecule is CC(CNCc1ccc(C2CC2)cc1)NC(=O)OC(C)(C)C. The van der Waals surface area contributed by atoms with E-state index in [2.05, 4.69) is 34.9 Å². The molecule has 0 radical (unpaired) electrons. The Bertz CT molecular complexity index is 487. The van der Waals surface area contributed by atoms with Crippen LogP contribution in [0.4, 0.5) is 4.79 Å². The van der Waals surface area contributed by atoms with Gasteiger partial charge in [0.15, 0.2) is 0 Å². The number of carbonyl (C=O) groups is 1. The molecule has 22 heavy (non-hydrogen) atoms. The molecule has 2 rings (SSSR count). The predicted molar refractivity (Wildman–Crippen MR) is 89.0 cm³/mol. The Hall–Kier alpha value is -1.55. The van der Waals surface area contributed by atoms with Crippen LogP contribution in [0.1, 0.15) is 57.6 Å².